The average Bonchev–Trinajstić information content (AvgIpc) is 3.20. The van der Waals surface area contributed by atoms with Crippen molar-refractivity contribution in [2.45, 2.75) is 37.6 Å². The lowest BCUT2D eigenvalue weighted by Gasteiger charge is -2.30. The van der Waals surface area contributed by atoms with Crippen molar-refractivity contribution in [3.05, 3.63) is 59.7 Å². The molecule has 1 unspecified atom stereocenters. The number of nitrogens with zero attached hydrogens (tertiary/aromatic N) is 1. The largest absolute Gasteiger partial charge is 0.399 e. The molecule has 2 aromatic carbocycles. The molecule has 1 fully saturated rings. The van der Waals surface area contributed by atoms with Crippen molar-refractivity contribution in [1.82, 2.24) is 0 Å². The highest BCUT2D eigenvalue weighted by atomic mass is 15.2. The number of para-hydroxylation sites is 1. The molecule has 1 atom stereocenters. The Balaban J connectivity index is 1.63. The van der Waals surface area contributed by atoms with Gasteiger partial charge in [-0.15, -0.1) is 0 Å². The van der Waals surface area contributed by atoms with E-state index in [1.807, 2.05) is 12.1 Å². The van der Waals surface area contributed by atoms with Crippen LogP contribution in [0.1, 0.15) is 30.9 Å². The Morgan fingerprint density at radius 2 is 1.81 bits per heavy atom. The average molecular weight is 278 g/mol. The molecule has 0 amide bonds. The Morgan fingerprint density at radius 3 is 2.52 bits per heavy atom. The summed E-state index contributed by atoms with van der Waals surface area (Å²) in [5.41, 5.74) is 11.4. The zero-order chi connectivity index (χ0) is 14.4. The van der Waals surface area contributed by atoms with Gasteiger partial charge in [0.25, 0.3) is 0 Å². The van der Waals surface area contributed by atoms with Gasteiger partial charge in [0.1, 0.15) is 0 Å². The zero-order valence-electron chi connectivity index (χ0n) is 12.5. The van der Waals surface area contributed by atoms with Crippen LogP contribution in [0, 0.1) is 0 Å². The molecule has 0 bridgehead atoms. The summed E-state index contributed by atoms with van der Waals surface area (Å²) < 4.78 is 0. The van der Waals surface area contributed by atoms with E-state index in [4.69, 9.17) is 5.73 Å². The van der Waals surface area contributed by atoms with Crippen LogP contribution in [0.3, 0.4) is 0 Å². The van der Waals surface area contributed by atoms with Crippen LogP contribution in [0.2, 0.25) is 0 Å². The monoisotopic (exact) mass is 278 g/mol. The van der Waals surface area contributed by atoms with Crippen molar-refractivity contribution in [2.24, 2.45) is 0 Å². The predicted molar refractivity (Wildman–Crippen MR) is 88.7 cm³/mol. The molecule has 2 heteroatoms. The van der Waals surface area contributed by atoms with Gasteiger partial charge in [0.15, 0.2) is 0 Å². The maximum Gasteiger partial charge on any atom is 0.0402 e. The van der Waals surface area contributed by atoms with Gasteiger partial charge in [0, 0.05) is 29.4 Å². The molecule has 1 aliphatic heterocycles. The number of anilines is 2. The van der Waals surface area contributed by atoms with Crippen LogP contribution in [0.25, 0.3) is 0 Å². The van der Waals surface area contributed by atoms with Gasteiger partial charge in [0.2, 0.25) is 0 Å². The second-order valence-corrected chi connectivity index (χ2v) is 6.71. The topological polar surface area (TPSA) is 29.3 Å². The summed E-state index contributed by atoms with van der Waals surface area (Å²) in [5, 5.41) is 0. The molecule has 21 heavy (non-hydrogen) atoms. The summed E-state index contributed by atoms with van der Waals surface area (Å²) in [6, 6.07) is 18.0. The highest BCUT2D eigenvalue weighted by Gasteiger charge is 2.47. The summed E-state index contributed by atoms with van der Waals surface area (Å²) >= 11 is 0. The van der Waals surface area contributed by atoms with Crippen LogP contribution in [-0.4, -0.2) is 12.6 Å². The molecule has 1 saturated carbocycles. The van der Waals surface area contributed by atoms with Crippen LogP contribution >= 0.6 is 0 Å². The third kappa shape index (κ3) is 2.10. The molecule has 0 radical (unpaired) electrons. The first-order valence-electron chi connectivity index (χ1n) is 7.89. The van der Waals surface area contributed by atoms with E-state index in [0.29, 0.717) is 11.5 Å². The maximum absolute atomic E-state index is 5.83. The van der Waals surface area contributed by atoms with E-state index in [0.717, 1.165) is 12.2 Å². The first-order valence-corrected chi connectivity index (χ1v) is 7.89. The van der Waals surface area contributed by atoms with E-state index in [1.54, 1.807) is 0 Å². The van der Waals surface area contributed by atoms with Crippen molar-refractivity contribution >= 4 is 11.4 Å². The fourth-order valence-corrected chi connectivity index (χ4v) is 3.72. The van der Waals surface area contributed by atoms with Crippen LogP contribution < -0.4 is 10.6 Å². The molecule has 1 aliphatic carbocycles. The summed E-state index contributed by atoms with van der Waals surface area (Å²) in [7, 11) is 0. The molecule has 1 heterocycles. The molecular weight excluding hydrogens is 256 g/mol. The fourth-order valence-electron chi connectivity index (χ4n) is 3.72. The molecule has 108 valence electrons. The van der Waals surface area contributed by atoms with E-state index in [9.17, 15) is 0 Å². The van der Waals surface area contributed by atoms with Crippen LogP contribution in [0.4, 0.5) is 11.4 Å². The van der Waals surface area contributed by atoms with Gasteiger partial charge in [-0.1, -0.05) is 30.3 Å². The summed E-state index contributed by atoms with van der Waals surface area (Å²) in [6.07, 6.45) is 3.76. The Bertz CT molecular complexity index is 656. The van der Waals surface area contributed by atoms with Crippen molar-refractivity contribution in [3.63, 3.8) is 0 Å². The molecule has 2 N–H and O–H groups in total. The van der Waals surface area contributed by atoms with Crippen molar-refractivity contribution in [2.75, 3.05) is 17.2 Å². The second kappa shape index (κ2) is 4.52. The van der Waals surface area contributed by atoms with E-state index >= 15 is 0 Å². The van der Waals surface area contributed by atoms with Crippen LogP contribution in [0.15, 0.2) is 48.5 Å². The minimum Gasteiger partial charge on any atom is -0.399 e. The third-order valence-corrected chi connectivity index (χ3v) is 5.20. The Labute approximate surface area is 126 Å². The lowest BCUT2D eigenvalue weighted by atomic mass is 9.94. The zero-order valence-corrected chi connectivity index (χ0v) is 12.5. The first kappa shape index (κ1) is 12.8. The van der Waals surface area contributed by atoms with Gasteiger partial charge in [0.05, 0.1) is 0 Å². The highest BCUT2D eigenvalue weighted by molar-refractivity contribution is 5.60. The highest BCUT2D eigenvalue weighted by Crippen LogP contribution is 2.50. The van der Waals surface area contributed by atoms with E-state index < -0.39 is 0 Å². The van der Waals surface area contributed by atoms with Crippen molar-refractivity contribution < 1.29 is 0 Å². The second-order valence-electron chi connectivity index (χ2n) is 6.71. The van der Waals surface area contributed by atoms with Crippen LogP contribution in [0.5, 0.6) is 0 Å². The van der Waals surface area contributed by atoms with Gasteiger partial charge < -0.3 is 10.6 Å². The van der Waals surface area contributed by atoms with Gasteiger partial charge in [-0.25, -0.2) is 0 Å². The smallest absolute Gasteiger partial charge is 0.0402 e. The number of rotatable bonds is 3. The number of fused-ring (bicyclic) bond motifs is 1. The van der Waals surface area contributed by atoms with Gasteiger partial charge >= 0.3 is 0 Å². The lowest BCUT2D eigenvalue weighted by Crippen LogP contribution is -2.36. The van der Waals surface area contributed by atoms with Crippen molar-refractivity contribution in [3.8, 4) is 0 Å². The van der Waals surface area contributed by atoms with E-state index in [1.165, 1.54) is 36.1 Å². The minimum absolute atomic E-state index is 0.347. The number of benzene rings is 2. The molecule has 2 nitrogen and oxygen atoms in total. The predicted octanol–water partition coefficient (Wildman–Crippen LogP) is 3.75. The maximum atomic E-state index is 5.83. The lowest BCUT2D eigenvalue weighted by molar-refractivity contribution is 0.590. The number of hydrogen-bond donors (Lipinski definition) is 1. The van der Waals surface area contributed by atoms with Gasteiger partial charge in [-0.2, -0.15) is 0 Å². The summed E-state index contributed by atoms with van der Waals surface area (Å²) in [5.74, 6) is 0. The minimum atomic E-state index is 0.347. The van der Waals surface area contributed by atoms with Crippen molar-refractivity contribution in [1.29, 1.82) is 0 Å². The number of nitrogen functional groups attached to an aromatic ring is 1. The standard InChI is InChI=1S/C19H22N2/c1-14-12-15-4-2-3-5-18(15)21(14)13-19(10-11-19)16-6-8-17(20)9-7-16/h2-9,14H,10-13,20H2,1H3. The summed E-state index contributed by atoms with van der Waals surface area (Å²) in [4.78, 5) is 2.61. The molecule has 2 aliphatic rings. The van der Waals surface area contributed by atoms with Gasteiger partial charge in [-0.3, -0.25) is 0 Å². The number of nitrogens with two attached hydrogens (primary N) is 1. The molecule has 4 rings (SSSR count). The molecule has 0 saturated heterocycles. The molecule has 0 spiro atoms. The third-order valence-electron chi connectivity index (χ3n) is 5.20. The normalized spacial score (nSPS) is 22.1. The Morgan fingerprint density at radius 1 is 1.10 bits per heavy atom. The fraction of sp³-hybridized carbons (Fsp3) is 0.368. The molecule has 2 aromatic rings. The summed E-state index contributed by atoms with van der Waals surface area (Å²) in [6.45, 7) is 3.48. The van der Waals surface area contributed by atoms with E-state index in [-0.39, 0.29) is 0 Å². The SMILES string of the molecule is CC1Cc2ccccc2N1CC1(c2ccc(N)cc2)CC1. The molecule has 0 aromatic heterocycles. The van der Waals surface area contributed by atoms with E-state index in [2.05, 4.69) is 48.2 Å². The van der Waals surface area contributed by atoms with Crippen LogP contribution in [-0.2, 0) is 11.8 Å². The Kier molecular flexibility index (Phi) is 2.75. The quantitative estimate of drug-likeness (QED) is 0.866. The first-order chi connectivity index (χ1) is 10.2. The molecular formula is C19H22N2. The Hall–Kier alpha value is -1.96. The van der Waals surface area contributed by atoms with Gasteiger partial charge in [-0.05, 0) is 55.5 Å². The number of hydrogen-bond acceptors (Lipinski definition) is 2.